The summed E-state index contributed by atoms with van der Waals surface area (Å²) in [7, 11) is 0. The molecule has 64 heavy (non-hydrogen) atoms. The van der Waals surface area contributed by atoms with E-state index in [-0.39, 0.29) is 0 Å². The molecule has 5 nitrogen and oxygen atoms in total. The highest BCUT2D eigenvalue weighted by atomic mass is 16.5. The van der Waals surface area contributed by atoms with Crippen LogP contribution in [0.4, 0.5) is 0 Å². The molecule has 0 amide bonds. The van der Waals surface area contributed by atoms with Crippen molar-refractivity contribution in [3.8, 4) is 62.1 Å². The maximum absolute atomic E-state index is 6.80. The number of hydrogen-bond donors (Lipinski definition) is 0. The summed E-state index contributed by atoms with van der Waals surface area (Å²) in [6.45, 7) is 6.90. The first-order chi connectivity index (χ1) is 31.5. The van der Waals surface area contributed by atoms with Crippen LogP contribution in [0.2, 0.25) is 0 Å². The van der Waals surface area contributed by atoms with Gasteiger partial charge in [-0.3, -0.25) is 13.7 Å². The van der Waals surface area contributed by atoms with Gasteiger partial charge >= 0.3 is 0 Å². The standard InChI is InChI=1S/C59H46N4O/c1-40(2)41(3)52-37-58(60-38-53(52)44-23-11-6-12-24-44)63-54-30-14-13-27-50(54)51-34-33-47(36-57(51)63)64-46-26-17-25-45(35-46)61-39-62(56-32-16-15-31-55(56)61)59-48(42-19-7-4-8-20-42)28-18-29-49(59)43-21-9-5-10-22-43/h4-38,40-41H,1-3H3. The van der Waals surface area contributed by atoms with Crippen LogP contribution >= 0.6 is 0 Å². The fourth-order valence-electron chi connectivity index (χ4n) is 9.16. The number of aromatic nitrogens is 4. The lowest BCUT2D eigenvalue weighted by Gasteiger charge is -2.21. The van der Waals surface area contributed by atoms with Crippen LogP contribution in [0, 0.1) is 12.2 Å². The van der Waals surface area contributed by atoms with E-state index in [1.54, 1.807) is 0 Å². The quantitative estimate of drug-likeness (QED) is 0.102. The van der Waals surface area contributed by atoms with Crippen molar-refractivity contribution in [1.82, 2.24) is 14.1 Å². The molecule has 11 rings (SSSR count). The van der Waals surface area contributed by atoms with Crippen LogP contribution < -0.4 is 9.30 Å². The van der Waals surface area contributed by atoms with Crippen LogP contribution in [-0.4, -0.2) is 14.1 Å². The Bertz CT molecular complexity index is 3400. The second kappa shape index (κ2) is 16.4. The molecule has 0 saturated carbocycles. The van der Waals surface area contributed by atoms with E-state index in [1.165, 1.54) is 22.1 Å². The molecule has 0 aliphatic rings. The lowest BCUT2D eigenvalue weighted by molar-refractivity contribution is -0.571. The van der Waals surface area contributed by atoms with Crippen LogP contribution in [0.3, 0.4) is 0 Å². The Hall–Kier alpha value is -8.02. The number of para-hydroxylation sites is 4. The zero-order valence-corrected chi connectivity index (χ0v) is 36.1. The van der Waals surface area contributed by atoms with Crippen molar-refractivity contribution in [3.63, 3.8) is 0 Å². The third-order valence-electron chi connectivity index (χ3n) is 12.7. The second-order valence-electron chi connectivity index (χ2n) is 16.9. The van der Waals surface area contributed by atoms with E-state index in [9.17, 15) is 0 Å². The van der Waals surface area contributed by atoms with Gasteiger partial charge < -0.3 is 4.74 Å². The molecule has 1 unspecified atom stereocenters. The number of imidazole rings is 1. The fraction of sp³-hybridized carbons (Fsp3) is 0.0847. The van der Waals surface area contributed by atoms with Gasteiger partial charge in [0.1, 0.15) is 17.3 Å². The van der Waals surface area contributed by atoms with Gasteiger partial charge in [-0.1, -0.05) is 178 Å². The number of fused-ring (bicyclic) bond motifs is 4. The molecule has 0 fully saturated rings. The van der Waals surface area contributed by atoms with Crippen molar-refractivity contribution in [2.45, 2.75) is 26.7 Å². The van der Waals surface area contributed by atoms with E-state index >= 15 is 0 Å². The second-order valence-corrected chi connectivity index (χ2v) is 16.9. The highest BCUT2D eigenvalue weighted by Gasteiger charge is 2.22. The summed E-state index contributed by atoms with van der Waals surface area (Å²) in [5, 5.41) is 2.32. The van der Waals surface area contributed by atoms with Crippen LogP contribution in [-0.2, 0) is 0 Å². The van der Waals surface area contributed by atoms with Crippen LogP contribution in [0.25, 0.3) is 83.4 Å². The Balaban J connectivity index is 1.01. The Morgan fingerprint density at radius 3 is 1.77 bits per heavy atom. The molecule has 3 heterocycles. The van der Waals surface area contributed by atoms with E-state index in [1.807, 2.05) is 6.07 Å². The molecule has 0 bridgehead atoms. The molecular formula is C59H46N4O. The number of benzene rings is 8. The van der Waals surface area contributed by atoms with Gasteiger partial charge in [0.05, 0.1) is 33.4 Å². The van der Waals surface area contributed by atoms with E-state index in [0.717, 1.165) is 78.4 Å². The summed E-state index contributed by atoms with van der Waals surface area (Å²) in [6, 6.07) is 72.4. The first kappa shape index (κ1) is 38.9. The molecule has 0 aliphatic heterocycles. The number of ether oxygens (including phenoxy) is 1. The minimum atomic E-state index is 0.324. The maximum Gasteiger partial charge on any atom is 0.269 e. The Morgan fingerprint density at radius 2 is 1.08 bits per heavy atom. The van der Waals surface area contributed by atoms with Crippen molar-refractivity contribution in [2.75, 3.05) is 0 Å². The SMILES string of the molecule is CC(C)C(C)c1cc(-n2c3ccccc3c3ccc(Oc4cccc(-n5[c-][n+](-c6c(-c7ccccc7)cccc6-c6ccccc6)c6ccccc65)c4)cc32)ncc1-c1ccccc1. The van der Waals surface area contributed by atoms with Gasteiger partial charge in [0, 0.05) is 28.6 Å². The highest BCUT2D eigenvalue weighted by Crippen LogP contribution is 2.39. The summed E-state index contributed by atoms with van der Waals surface area (Å²) >= 11 is 0. The van der Waals surface area contributed by atoms with Gasteiger partial charge in [0.25, 0.3) is 6.33 Å². The van der Waals surface area contributed by atoms with Gasteiger partial charge in [-0.2, -0.15) is 0 Å². The van der Waals surface area contributed by atoms with Gasteiger partial charge in [-0.05, 0) is 87.7 Å². The number of hydrogen-bond acceptors (Lipinski definition) is 2. The number of pyridine rings is 1. The average molecular weight is 827 g/mol. The molecule has 0 aliphatic carbocycles. The van der Waals surface area contributed by atoms with Gasteiger partial charge in [0.2, 0.25) is 0 Å². The molecular weight excluding hydrogens is 781 g/mol. The van der Waals surface area contributed by atoms with E-state index < -0.39 is 0 Å². The topological polar surface area (TPSA) is 35.9 Å². The normalized spacial score (nSPS) is 12.1. The zero-order valence-electron chi connectivity index (χ0n) is 36.1. The van der Waals surface area contributed by atoms with Crippen LogP contribution in [0.1, 0.15) is 32.3 Å². The predicted molar refractivity (Wildman–Crippen MR) is 262 cm³/mol. The Morgan fingerprint density at radius 1 is 0.500 bits per heavy atom. The highest BCUT2D eigenvalue weighted by molar-refractivity contribution is 6.09. The minimum Gasteiger partial charge on any atom is -0.458 e. The molecule has 8 aromatic carbocycles. The number of nitrogens with zero attached hydrogens (tertiary/aromatic N) is 4. The van der Waals surface area contributed by atoms with Crippen LogP contribution in [0.5, 0.6) is 11.5 Å². The lowest BCUT2D eigenvalue weighted by atomic mass is 9.86. The van der Waals surface area contributed by atoms with Crippen LogP contribution in [0.15, 0.2) is 212 Å². The van der Waals surface area contributed by atoms with Gasteiger partial charge in [0.15, 0.2) is 0 Å². The number of rotatable bonds is 10. The molecule has 11 aromatic rings. The third-order valence-corrected chi connectivity index (χ3v) is 12.7. The summed E-state index contributed by atoms with van der Waals surface area (Å²) in [6.07, 6.45) is 5.85. The third kappa shape index (κ3) is 6.92. The molecule has 0 spiro atoms. The molecule has 0 N–H and O–H groups in total. The first-order valence-electron chi connectivity index (χ1n) is 22.1. The summed E-state index contributed by atoms with van der Waals surface area (Å²) in [5.41, 5.74) is 14.4. The van der Waals surface area contributed by atoms with Crippen molar-refractivity contribution < 1.29 is 9.30 Å². The molecule has 0 radical (unpaired) electrons. The Kier molecular flexibility index (Phi) is 9.93. The van der Waals surface area contributed by atoms with E-state index in [4.69, 9.17) is 9.72 Å². The van der Waals surface area contributed by atoms with Gasteiger partial charge in [-0.15, -0.1) is 0 Å². The monoisotopic (exact) mass is 826 g/mol. The summed E-state index contributed by atoms with van der Waals surface area (Å²) < 4.78 is 13.4. The molecule has 3 aromatic heterocycles. The maximum atomic E-state index is 6.80. The average Bonchev–Trinajstić information content (AvgIpc) is 3.90. The lowest BCUT2D eigenvalue weighted by Crippen LogP contribution is -2.31. The zero-order chi connectivity index (χ0) is 43.1. The van der Waals surface area contributed by atoms with Crippen molar-refractivity contribution >= 4 is 32.8 Å². The van der Waals surface area contributed by atoms with Crippen molar-refractivity contribution in [3.05, 3.63) is 224 Å². The molecule has 5 heteroatoms. The van der Waals surface area contributed by atoms with Gasteiger partial charge in [-0.25, -0.2) is 4.98 Å². The molecule has 308 valence electrons. The first-order valence-corrected chi connectivity index (χ1v) is 22.1. The summed E-state index contributed by atoms with van der Waals surface area (Å²) in [4.78, 5) is 5.17. The van der Waals surface area contributed by atoms with E-state index in [2.05, 4.69) is 247 Å². The minimum absolute atomic E-state index is 0.324. The molecule has 0 saturated heterocycles. The summed E-state index contributed by atoms with van der Waals surface area (Å²) in [5.74, 6) is 3.14. The van der Waals surface area contributed by atoms with E-state index in [0.29, 0.717) is 11.8 Å². The fourth-order valence-corrected chi connectivity index (χ4v) is 9.16. The predicted octanol–water partition coefficient (Wildman–Crippen LogP) is 14.8. The largest absolute Gasteiger partial charge is 0.458 e. The smallest absolute Gasteiger partial charge is 0.269 e. The molecule has 1 atom stereocenters. The van der Waals surface area contributed by atoms with Crippen molar-refractivity contribution in [1.29, 1.82) is 0 Å². The Labute approximate surface area is 373 Å². The van der Waals surface area contributed by atoms with Crippen molar-refractivity contribution in [2.24, 2.45) is 5.92 Å².